The van der Waals surface area contributed by atoms with Gasteiger partial charge in [-0.2, -0.15) is 0 Å². The average Bonchev–Trinajstić information content (AvgIpc) is 2.55. The standard InChI is InChI=1S/C19H29ClN2/c1-21-10-12-22(13-11-21)15-19(16-6-3-2-4-7-16)17-8-5-9-18(20)14-17/h5,8-9,14,16,19H,2-4,6-7,10-13,15H2,1H3/t19-/m0/s1. The van der Waals surface area contributed by atoms with Gasteiger partial charge in [-0.25, -0.2) is 0 Å². The molecule has 0 bridgehead atoms. The van der Waals surface area contributed by atoms with E-state index in [0.29, 0.717) is 5.92 Å². The fraction of sp³-hybridized carbons (Fsp3) is 0.684. The molecule has 1 saturated heterocycles. The molecule has 2 aliphatic rings. The molecule has 0 spiro atoms. The highest BCUT2D eigenvalue weighted by atomic mass is 35.5. The maximum absolute atomic E-state index is 6.27. The summed E-state index contributed by atoms with van der Waals surface area (Å²) >= 11 is 6.27. The van der Waals surface area contributed by atoms with Gasteiger partial charge in [0.1, 0.15) is 0 Å². The molecular weight excluding hydrogens is 292 g/mol. The van der Waals surface area contributed by atoms with E-state index in [0.717, 1.165) is 10.9 Å². The zero-order valence-electron chi connectivity index (χ0n) is 13.8. The van der Waals surface area contributed by atoms with E-state index in [1.54, 1.807) is 0 Å². The Morgan fingerprint density at radius 3 is 2.50 bits per heavy atom. The van der Waals surface area contributed by atoms with Gasteiger partial charge >= 0.3 is 0 Å². The van der Waals surface area contributed by atoms with E-state index < -0.39 is 0 Å². The van der Waals surface area contributed by atoms with Crippen LogP contribution in [0.3, 0.4) is 0 Å². The number of benzene rings is 1. The van der Waals surface area contributed by atoms with Gasteiger partial charge in [-0.05, 0) is 49.4 Å². The van der Waals surface area contributed by atoms with Crippen molar-refractivity contribution in [3.8, 4) is 0 Å². The third-order valence-electron chi connectivity index (χ3n) is 5.55. The number of halogens is 1. The molecule has 1 heterocycles. The second-order valence-electron chi connectivity index (χ2n) is 7.16. The number of hydrogen-bond acceptors (Lipinski definition) is 2. The van der Waals surface area contributed by atoms with Crippen LogP contribution in [0.15, 0.2) is 24.3 Å². The molecule has 1 aliphatic carbocycles. The summed E-state index contributed by atoms with van der Waals surface area (Å²) in [5, 5.41) is 0.886. The molecule has 1 saturated carbocycles. The van der Waals surface area contributed by atoms with E-state index in [-0.39, 0.29) is 0 Å². The molecule has 0 aromatic heterocycles. The van der Waals surface area contributed by atoms with Gasteiger partial charge in [0.15, 0.2) is 0 Å². The molecule has 1 atom stereocenters. The van der Waals surface area contributed by atoms with Gasteiger partial charge in [0.2, 0.25) is 0 Å². The highest BCUT2D eigenvalue weighted by molar-refractivity contribution is 6.30. The Bertz CT molecular complexity index is 462. The lowest BCUT2D eigenvalue weighted by Crippen LogP contribution is -2.46. The topological polar surface area (TPSA) is 6.48 Å². The monoisotopic (exact) mass is 320 g/mol. The maximum atomic E-state index is 6.27. The highest BCUT2D eigenvalue weighted by Gasteiger charge is 2.28. The first kappa shape index (κ1) is 16.3. The van der Waals surface area contributed by atoms with Crippen LogP contribution in [0.1, 0.15) is 43.6 Å². The molecule has 0 unspecified atom stereocenters. The van der Waals surface area contributed by atoms with E-state index in [2.05, 4.69) is 35.0 Å². The highest BCUT2D eigenvalue weighted by Crippen LogP contribution is 2.37. The van der Waals surface area contributed by atoms with Crippen molar-refractivity contribution in [1.82, 2.24) is 9.80 Å². The van der Waals surface area contributed by atoms with Crippen molar-refractivity contribution in [2.45, 2.75) is 38.0 Å². The predicted octanol–water partition coefficient (Wildman–Crippen LogP) is 4.25. The predicted molar refractivity (Wildman–Crippen MR) is 94.7 cm³/mol. The quantitative estimate of drug-likeness (QED) is 0.818. The number of nitrogens with zero attached hydrogens (tertiary/aromatic N) is 2. The smallest absolute Gasteiger partial charge is 0.0408 e. The Balaban J connectivity index is 1.73. The normalized spacial score (nSPS) is 23.5. The fourth-order valence-electron chi connectivity index (χ4n) is 4.11. The van der Waals surface area contributed by atoms with Crippen LogP contribution in [0.4, 0.5) is 0 Å². The second-order valence-corrected chi connectivity index (χ2v) is 7.60. The molecule has 3 rings (SSSR count). The first-order chi connectivity index (χ1) is 10.7. The molecule has 3 heteroatoms. The summed E-state index contributed by atoms with van der Waals surface area (Å²) < 4.78 is 0. The summed E-state index contributed by atoms with van der Waals surface area (Å²) in [6.07, 6.45) is 7.03. The molecule has 0 radical (unpaired) electrons. The summed E-state index contributed by atoms with van der Waals surface area (Å²) in [6, 6.07) is 8.62. The van der Waals surface area contributed by atoms with Crippen LogP contribution < -0.4 is 0 Å². The van der Waals surface area contributed by atoms with Crippen molar-refractivity contribution in [1.29, 1.82) is 0 Å². The van der Waals surface area contributed by atoms with Gasteiger partial charge in [0.25, 0.3) is 0 Å². The van der Waals surface area contributed by atoms with Crippen LogP contribution in [0.5, 0.6) is 0 Å². The Morgan fingerprint density at radius 2 is 1.82 bits per heavy atom. The zero-order valence-corrected chi connectivity index (χ0v) is 14.6. The third-order valence-corrected chi connectivity index (χ3v) is 5.78. The molecular formula is C19H29ClN2. The Morgan fingerprint density at radius 1 is 1.09 bits per heavy atom. The van der Waals surface area contributed by atoms with Crippen molar-refractivity contribution in [3.05, 3.63) is 34.9 Å². The Hall–Kier alpha value is -0.570. The largest absolute Gasteiger partial charge is 0.304 e. The SMILES string of the molecule is CN1CCN(C[C@H](c2cccc(Cl)c2)C2CCCCC2)CC1. The second kappa shape index (κ2) is 7.81. The number of likely N-dealkylation sites (N-methyl/N-ethyl adjacent to an activating group) is 1. The first-order valence-corrected chi connectivity index (χ1v) is 9.26. The summed E-state index contributed by atoms with van der Waals surface area (Å²) in [7, 11) is 2.23. The third kappa shape index (κ3) is 4.24. The van der Waals surface area contributed by atoms with Crippen LogP contribution in [0.25, 0.3) is 0 Å². The average molecular weight is 321 g/mol. The van der Waals surface area contributed by atoms with Gasteiger partial charge in [0.05, 0.1) is 0 Å². The van der Waals surface area contributed by atoms with E-state index in [1.165, 1.54) is 70.4 Å². The fourth-order valence-corrected chi connectivity index (χ4v) is 4.31. The van der Waals surface area contributed by atoms with Crippen molar-refractivity contribution in [2.24, 2.45) is 5.92 Å². The maximum Gasteiger partial charge on any atom is 0.0408 e. The summed E-state index contributed by atoms with van der Waals surface area (Å²) in [5.74, 6) is 1.49. The number of hydrogen-bond donors (Lipinski definition) is 0. The van der Waals surface area contributed by atoms with E-state index in [4.69, 9.17) is 11.6 Å². The van der Waals surface area contributed by atoms with Crippen LogP contribution in [-0.4, -0.2) is 49.6 Å². The first-order valence-electron chi connectivity index (χ1n) is 8.89. The van der Waals surface area contributed by atoms with Crippen LogP contribution >= 0.6 is 11.6 Å². The molecule has 0 N–H and O–H groups in total. The molecule has 2 nitrogen and oxygen atoms in total. The van der Waals surface area contributed by atoms with Gasteiger partial charge in [-0.1, -0.05) is 43.0 Å². The summed E-state index contributed by atoms with van der Waals surface area (Å²) in [5.41, 5.74) is 1.46. The van der Waals surface area contributed by atoms with E-state index in [9.17, 15) is 0 Å². The molecule has 2 fully saturated rings. The minimum Gasteiger partial charge on any atom is -0.304 e. The van der Waals surface area contributed by atoms with Gasteiger partial charge < -0.3 is 9.80 Å². The molecule has 122 valence electrons. The molecule has 0 amide bonds. The molecule has 1 aromatic rings. The van der Waals surface area contributed by atoms with Crippen molar-refractivity contribution in [2.75, 3.05) is 39.8 Å². The lowest BCUT2D eigenvalue weighted by Gasteiger charge is -2.38. The minimum absolute atomic E-state index is 0.655. The van der Waals surface area contributed by atoms with Gasteiger partial charge in [-0.15, -0.1) is 0 Å². The van der Waals surface area contributed by atoms with Crippen molar-refractivity contribution in [3.63, 3.8) is 0 Å². The van der Waals surface area contributed by atoms with Crippen LogP contribution in [0, 0.1) is 5.92 Å². The Labute approximate surface area is 140 Å². The lowest BCUT2D eigenvalue weighted by molar-refractivity contribution is 0.131. The zero-order chi connectivity index (χ0) is 15.4. The van der Waals surface area contributed by atoms with Crippen molar-refractivity contribution >= 4 is 11.6 Å². The minimum atomic E-state index is 0.655. The van der Waals surface area contributed by atoms with Crippen molar-refractivity contribution < 1.29 is 0 Å². The van der Waals surface area contributed by atoms with E-state index in [1.807, 2.05) is 6.07 Å². The number of piperazine rings is 1. The number of rotatable bonds is 4. The molecule has 1 aliphatic heterocycles. The Kier molecular flexibility index (Phi) is 5.78. The van der Waals surface area contributed by atoms with Crippen LogP contribution in [-0.2, 0) is 0 Å². The molecule has 22 heavy (non-hydrogen) atoms. The van der Waals surface area contributed by atoms with E-state index >= 15 is 0 Å². The van der Waals surface area contributed by atoms with Gasteiger partial charge in [0, 0.05) is 37.7 Å². The van der Waals surface area contributed by atoms with Crippen LogP contribution in [0.2, 0.25) is 5.02 Å². The lowest BCUT2D eigenvalue weighted by atomic mass is 9.76. The van der Waals surface area contributed by atoms with Gasteiger partial charge in [-0.3, -0.25) is 0 Å². The summed E-state index contributed by atoms with van der Waals surface area (Å²) in [4.78, 5) is 5.10. The molecule has 1 aromatic carbocycles. The summed E-state index contributed by atoms with van der Waals surface area (Å²) in [6.45, 7) is 6.03.